The first-order valence-corrected chi connectivity index (χ1v) is 9.22. The fourth-order valence-corrected chi connectivity index (χ4v) is 3.02. The summed E-state index contributed by atoms with van der Waals surface area (Å²) in [6, 6.07) is 15.8. The lowest BCUT2D eigenvalue weighted by Crippen LogP contribution is -2.45. The zero-order chi connectivity index (χ0) is 19.2. The van der Waals surface area contributed by atoms with Gasteiger partial charge in [-0.3, -0.25) is 0 Å². The molecule has 7 heteroatoms. The topological polar surface area (TPSA) is 76.7 Å². The van der Waals surface area contributed by atoms with Crippen molar-refractivity contribution in [3.8, 4) is 5.75 Å². The van der Waals surface area contributed by atoms with Gasteiger partial charge in [-0.15, -0.1) is 0 Å². The molecule has 140 valence electrons. The molecule has 1 heterocycles. The van der Waals surface area contributed by atoms with Crippen LogP contribution in [0.3, 0.4) is 0 Å². The molecule has 2 N–H and O–H groups in total. The zero-order valence-corrected chi connectivity index (χ0v) is 16.3. The minimum absolute atomic E-state index is 0.103. The molecule has 0 saturated carbocycles. The highest BCUT2D eigenvalue weighted by atomic mass is 79.9. The van der Waals surface area contributed by atoms with E-state index in [1.807, 2.05) is 54.6 Å². The first-order chi connectivity index (χ1) is 13.0. The average Bonchev–Trinajstić information content (AvgIpc) is 2.66. The number of hydrogen-bond acceptors (Lipinski definition) is 4. The predicted octanol–water partition coefficient (Wildman–Crippen LogP) is 3.70. The monoisotopic (exact) mass is 430 g/mol. The van der Waals surface area contributed by atoms with Crippen molar-refractivity contribution in [2.24, 2.45) is 0 Å². The van der Waals surface area contributed by atoms with Crippen molar-refractivity contribution in [2.45, 2.75) is 13.0 Å². The molecule has 1 aliphatic rings. The number of benzene rings is 2. The third-order valence-corrected chi connectivity index (χ3v) is 4.55. The van der Waals surface area contributed by atoms with Crippen molar-refractivity contribution in [1.29, 1.82) is 0 Å². The lowest BCUT2D eigenvalue weighted by molar-refractivity contribution is -0.140. The number of esters is 1. The van der Waals surface area contributed by atoms with Gasteiger partial charge in [0.2, 0.25) is 0 Å². The molecule has 1 atom stereocenters. The number of hydrogen-bond donors (Lipinski definition) is 2. The number of nitrogens with one attached hydrogen (secondary N) is 2. The molecule has 6 nitrogen and oxygen atoms in total. The van der Waals surface area contributed by atoms with Gasteiger partial charge >= 0.3 is 12.0 Å². The number of carbonyl (C=O) groups excluding carboxylic acids is 2. The average molecular weight is 431 g/mol. The molecular weight excluding hydrogens is 412 g/mol. The minimum atomic E-state index is -0.575. The molecule has 0 spiro atoms. The second-order valence-corrected chi connectivity index (χ2v) is 6.83. The SMILES string of the molecule is CC1=C(C(=O)OCCOc2ccccc2)[C@H](c2ccc(Br)cc2)NC(=O)N1. The molecule has 0 saturated heterocycles. The predicted molar refractivity (Wildman–Crippen MR) is 104 cm³/mol. The molecule has 0 bridgehead atoms. The third kappa shape index (κ3) is 4.89. The maximum Gasteiger partial charge on any atom is 0.338 e. The van der Waals surface area contributed by atoms with Gasteiger partial charge < -0.3 is 20.1 Å². The van der Waals surface area contributed by atoms with Crippen LogP contribution >= 0.6 is 15.9 Å². The third-order valence-electron chi connectivity index (χ3n) is 4.02. The number of ether oxygens (including phenoxy) is 2. The van der Waals surface area contributed by atoms with E-state index >= 15 is 0 Å². The Morgan fingerprint density at radius 3 is 2.48 bits per heavy atom. The van der Waals surface area contributed by atoms with Crippen LogP contribution < -0.4 is 15.4 Å². The van der Waals surface area contributed by atoms with Gasteiger partial charge in [-0.05, 0) is 36.8 Å². The summed E-state index contributed by atoms with van der Waals surface area (Å²) in [7, 11) is 0. The van der Waals surface area contributed by atoms with Crippen molar-refractivity contribution in [1.82, 2.24) is 10.6 Å². The number of allylic oxidation sites excluding steroid dienone is 1. The van der Waals surface area contributed by atoms with E-state index in [4.69, 9.17) is 9.47 Å². The van der Waals surface area contributed by atoms with Gasteiger partial charge in [0.25, 0.3) is 0 Å². The van der Waals surface area contributed by atoms with Gasteiger partial charge in [0.05, 0.1) is 11.6 Å². The quantitative estimate of drug-likeness (QED) is 0.540. The molecule has 0 aromatic heterocycles. The zero-order valence-electron chi connectivity index (χ0n) is 14.7. The van der Waals surface area contributed by atoms with Crippen molar-refractivity contribution in [3.63, 3.8) is 0 Å². The largest absolute Gasteiger partial charge is 0.490 e. The number of halogens is 1. The maximum atomic E-state index is 12.6. The summed E-state index contributed by atoms with van der Waals surface area (Å²) in [6.07, 6.45) is 0. The molecule has 3 rings (SSSR count). The summed E-state index contributed by atoms with van der Waals surface area (Å²) in [4.78, 5) is 24.5. The highest BCUT2D eigenvalue weighted by Crippen LogP contribution is 2.28. The number of rotatable bonds is 6. The molecule has 0 unspecified atom stereocenters. The lowest BCUT2D eigenvalue weighted by atomic mass is 9.96. The van der Waals surface area contributed by atoms with E-state index in [9.17, 15) is 9.59 Å². The van der Waals surface area contributed by atoms with Crippen LogP contribution in [0.15, 0.2) is 70.3 Å². The van der Waals surface area contributed by atoms with Crippen LogP contribution in [-0.4, -0.2) is 25.2 Å². The van der Waals surface area contributed by atoms with E-state index in [2.05, 4.69) is 26.6 Å². The lowest BCUT2D eigenvalue weighted by Gasteiger charge is -2.28. The summed E-state index contributed by atoms with van der Waals surface area (Å²) >= 11 is 3.38. The molecule has 2 amide bonds. The van der Waals surface area contributed by atoms with Crippen molar-refractivity contribution in [2.75, 3.05) is 13.2 Å². The second kappa shape index (κ2) is 8.73. The van der Waals surface area contributed by atoms with Crippen molar-refractivity contribution in [3.05, 3.63) is 75.9 Å². The fraction of sp³-hybridized carbons (Fsp3) is 0.200. The molecule has 2 aromatic carbocycles. The fourth-order valence-electron chi connectivity index (χ4n) is 2.76. The summed E-state index contributed by atoms with van der Waals surface area (Å²) in [5.41, 5.74) is 1.64. The van der Waals surface area contributed by atoms with Crippen LogP contribution in [0.5, 0.6) is 5.75 Å². The highest BCUT2D eigenvalue weighted by Gasteiger charge is 2.32. The van der Waals surface area contributed by atoms with E-state index in [1.165, 1.54) is 0 Å². The first-order valence-electron chi connectivity index (χ1n) is 8.43. The Bertz CT molecular complexity index is 850. The number of urea groups is 1. The van der Waals surface area contributed by atoms with Gasteiger partial charge in [-0.25, -0.2) is 9.59 Å². The minimum Gasteiger partial charge on any atom is -0.490 e. The van der Waals surface area contributed by atoms with Gasteiger partial charge in [0, 0.05) is 10.2 Å². The Morgan fingerprint density at radius 2 is 1.78 bits per heavy atom. The van der Waals surface area contributed by atoms with Crippen LogP contribution in [0, 0.1) is 0 Å². The molecule has 1 aliphatic heterocycles. The van der Waals surface area contributed by atoms with E-state index < -0.39 is 12.0 Å². The standard InChI is InChI=1S/C20H19BrN2O4/c1-13-17(19(24)27-12-11-26-16-5-3-2-4-6-16)18(23-20(25)22-13)14-7-9-15(21)10-8-14/h2-10,18H,11-12H2,1H3,(H2,22,23,25)/t18-/m0/s1. The molecule has 0 fully saturated rings. The molecular formula is C20H19BrN2O4. The Hall–Kier alpha value is -2.80. The normalized spacial score (nSPS) is 16.4. The molecule has 2 aromatic rings. The van der Waals surface area contributed by atoms with E-state index in [1.54, 1.807) is 6.92 Å². The van der Waals surface area contributed by atoms with Crippen LogP contribution in [0.4, 0.5) is 4.79 Å². The Labute approximate surface area is 165 Å². The molecule has 0 radical (unpaired) electrons. The highest BCUT2D eigenvalue weighted by molar-refractivity contribution is 9.10. The maximum absolute atomic E-state index is 12.6. The van der Waals surface area contributed by atoms with Crippen LogP contribution in [0.2, 0.25) is 0 Å². The van der Waals surface area contributed by atoms with Crippen LogP contribution in [0.1, 0.15) is 18.5 Å². The molecule has 0 aliphatic carbocycles. The smallest absolute Gasteiger partial charge is 0.338 e. The van der Waals surface area contributed by atoms with Crippen LogP contribution in [-0.2, 0) is 9.53 Å². The summed E-state index contributed by atoms with van der Waals surface area (Å²) < 4.78 is 11.8. The number of amides is 2. The van der Waals surface area contributed by atoms with Crippen molar-refractivity contribution >= 4 is 27.9 Å². The van der Waals surface area contributed by atoms with Crippen LogP contribution in [0.25, 0.3) is 0 Å². The van der Waals surface area contributed by atoms with Crippen molar-refractivity contribution < 1.29 is 19.1 Å². The number of carbonyl (C=O) groups is 2. The Balaban J connectivity index is 1.67. The van der Waals surface area contributed by atoms with E-state index in [-0.39, 0.29) is 19.2 Å². The van der Waals surface area contributed by atoms with Gasteiger partial charge in [0.15, 0.2) is 0 Å². The summed E-state index contributed by atoms with van der Waals surface area (Å²) in [6.45, 7) is 2.03. The van der Waals surface area contributed by atoms with E-state index in [0.717, 1.165) is 10.0 Å². The second-order valence-electron chi connectivity index (χ2n) is 5.92. The van der Waals surface area contributed by atoms with Gasteiger partial charge in [-0.1, -0.05) is 46.3 Å². The van der Waals surface area contributed by atoms with Gasteiger partial charge in [0.1, 0.15) is 19.0 Å². The summed E-state index contributed by atoms with van der Waals surface area (Å²) in [5.74, 6) is 0.216. The van der Waals surface area contributed by atoms with Gasteiger partial charge in [-0.2, -0.15) is 0 Å². The Kier molecular flexibility index (Phi) is 6.13. The molecule has 27 heavy (non-hydrogen) atoms. The summed E-state index contributed by atoms with van der Waals surface area (Å²) in [5, 5.41) is 5.40. The first kappa shape index (κ1) is 19.0. The Morgan fingerprint density at radius 1 is 1.07 bits per heavy atom. The van der Waals surface area contributed by atoms with E-state index in [0.29, 0.717) is 17.0 Å². The number of para-hydroxylation sites is 1.